The summed E-state index contributed by atoms with van der Waals surface area (Å²) in [5.41, 5.74) is 0.987. The second-order valence-corrected chi connectivity index (χ2v) is 7.28. The average molecular weight is 285 g/mol. The van der Waals surface area contributed by atoms with E-state index in [1.165, 1.54) is 0 Å². The van der Waals surface area contributed by atoms with Crippen LogP contribution in [0.2, 0.25) is 0 Å². The highest BCUT2D eigenvalue weighted by Gasteiger charge is 2.29. The van der Waals surface area contributed by atoms with Crippen LogP contribution in [-0.4, -0.2) is 36.0 Å². The van der Waals surface area contributed by atoms with Crippen LogP contribution >= 0.6 is 0 Å². The van der Waals surface area contributed by atoms with Gasteiger partial charge in [-0.3, -0.25) is 9.89 Å². The normalized spacial score (nSPS) is 21.4. The zero-order chi connectivity index (χ0) is 13.9. The molecule has 0 saturated carbocycles. The van der Waals surface area contributed by atoms with Gasteiger partial charge in [0, 0.05) is 18.2 Å². The first-order valence-corrected chi connectivity index (χ1v) is 8.35. The molecular formula is C12H19N3O3S. The molecule has 1 saturated heterocycles. The minimum atomic E-state index is -2.92. The molecule has 2 heterocycles. The van der Waals surface area contributed by atoms with Crippen LogP contribution in [0.1, 0.15) is 31.9 Å². The maximum Gasteiger partial charge on any atom is 0.225 e. The van der Waals surface area contributed by atoms with Crippen molar-refractivity contribution in [2.75, 3.05) is 16.8 Å². The van der Waals surface area contributed by atoms with Crippen molar-refractivity contribution in [2.45, 2.75) is 32.6 Å². The SMILES string of the molecule is CCCc1cc(NC(=O)CC2CCS(=O)(=O)C2)n[nH]1. The highest BCUT2D eigenvalue weighted by atomic mass is 32.2. The van der Waals surface area contributed by atoms with Crippen LogP contribution in [0.25, 0.3) is 0 Å². The van der Waals surface area contributed by atoms with Crippen molar-refractivity contribution in [1.82, 2.24) is 10.2 Å². The van der Waals surface area contributed by atoms with Crippen LogP contribution in [0.15, 0.2) is 6.07 Å². The first kappa shape index (κ1) is 14.0. The van der Waals surface area contributed by atoms with Crippen molar-refractivity contribution in [3.8, 4) is 0 Å². The lowest BCUT2D eigenvalue weighted by molar-refractivity contribution is -0.116. The van der Waals surface area contributed by atoms with Gasteiger partial charge in [0.15, 0.2) is 15.7 Å². The Morgan fingerprint density at radius 2 is 2.37 bits per heavy atom. The topological polar surface area (TPSA) is 91.9 Å². The van der Waals surface area contributed by atoms with Crippen LogP contribution < -0.4 is 5.32 Å². The van der Waals surface area contributed by atoms with Crippen LogP contribution in [0.3, 0.4) is 0 Å². The first-order chi connectivity index (χ1) is 8.98. The van der Waals surface area contributed by atoms with Crippen LogP contribution in [-0.2, 0) is 21.1 Å². The number of nitrogens with one attached hydrogen (secondary N) is 2. The third-order valence-corrected chi connectivity index (χ3v) is 5.06. The van der Waals surface area contributed by atoms with Crippen LogP contribution in [0.5, 0.6) is 0 Å². The number of H-pyrrole nitrogens is 1. The maximum atomic E-state index is 11.8. The largest absolute Gasteiger partial charge is 0.309 e. The predicted octanol–water partition coefficient (Wildman–Crippen LogP) is 1.13. The molecule has 106 valence electrons. The van der Waals surface area contributed by atoms with Gasteiger partial charge < -0.3 is 5.32 Å². The number of anilines is 1. The number of hydrogen-bond donors (Lipinski definition) is 2. The van der Waals surface area contributed by atoms with Gasteiger partial charge in [-0.1, -0.05) is 13.3 Å². The number of nitrogens with zero attached hydrogens (tertiary/aromatic N) is 1. The summed E-state index contributed by atoms with van der Waals surface area (Å²) in [6, 6.07) is 1.81. The predicted molar refractivity (Wildman–Crippen MR) is 72.6 cm³/mol. The van der Waals surface area contributed by atoms with Crippen molar-refractivity contribution >= 4 is 21.6 Å². The third kappa shape index (κ3) is 4.05. The van der Waals surface area contributed by atoms with Gasteiger partial charge in [-0.05, 0) is 18.8 Å². The molecule has 1 aliphatic rings. The van der Waals surface area contributed by atoms with E-state index in [1.54, 1.807) is 0 Å². The fourth-order valence-electron chi connectivity index (χ4n) is 2.31. The Labute approximate surface area is 112 Å². The molecular weight excluding hydrogens is 266 g/mol. The fourth-order valence-corrected chi connectivity index (χ4v) is 4.17. The minimum Gasteiger partial charge on any atom is -0.309 e. The Hall–Kier alpha value is -1.37. The summed E-state index contributed by atoms with van der Waals surface area (Å²) in [5, 5.41) is 9.56. The number of carbonyl (C=O) groups is 1. The van der Waals surface area contributed by atoms with E-state index >= 15 is 0 Å². The molecule has 1 fully saturated rings. The molecule has 19 heavy (non-hydrogen) atoms. The van der Waals surface area contributed by atoms with E-state index in [0.717, 1.165) is 18.5 Å². The number of amides is 1. The Bertz CT molecular complexity index is 550. The molecule has 1 aromatic rings. The molecule has 7 heteroatoms. The van der Waals surface area contributed by atoms with Gasteiger partial charge in [0.1, 0.15) is 0 Å². The van der Waals surface area contributed by atoms with Crippen LogP contribution in [0.4, 0.5) is 5.82 Å². The molecule has 0 aromatic carbocycles. The zero-order valence-electron chi connectivity index (χ0n) is 11.0. The number of carbonyl (C=O) groups excluding carboxylic acids is 1. The number of rotatable bonds is 5. The van der Waals surface area contributed by atoms with Gasteiger partial charge in [-0.15, -0.1) is 0 Å². The van der Waals surface area contributed by atoms with Gasteiger partial charge in [0.05, 0.1) is 11.5 Å². The number of aromatic nitrogens is 2. The summed E-state index contributed by atoms with van der Waals surface area (Å²) in [7, 11) is -2.92. The minimum absolute atomic E-state index is 0.0564. The average Bonchev–Trinajstić information content (AvgIpc) is 2.86. The van der Waals surface area contributed by atoms with Gasteiger partial charge in [-0.2, -0.15) is 5.10 Å². The molecule has 1 aliphatic heterocycles. The highest BCUT2D eigenvalue weighted by molar-refractivity contribution is 7.91. The van der Waals surface area contributed by atoms with Gasteiger partial charge >= 0.3 is 0 Å². The molecule has 1 atom stereocenters. The third-order valence-electron chi connectivity index (χ3n) is 3.22. The van der Waals surface area contributed by atoms with Crippen molar-refractivity contribution in [3.63, 3.8) is 0 Å². The van der Waals surface area contributed by atoms with E-state index < -0.39 is 9.84 Å². The van der Waals surface area contributed by atoms with E-state index in [-0.39, 0.29) is 29.8 Å². The standard InChI is InChI=1S/C12H19N3O3S/c1-2-3-10-7-11(15-14-10)13-12(16)6-9-4-5-19(17,18)8-9/h7,9H,2-6,8H2,1H3,(H2,13,14,15,16). The van der Waals surface area contributed by atoms with Crippen molar-refractivity contribution in [1.29, 1.82) is 0 Å². The molecule has 0 aliphatic carbocycles. The summed E-state index contributed by atoms with van der Waals surface area (Å²) in [4.78, 5) is 11.8. The lowest BCUT2D eigenvalue weighted by Crippen LogP contribution is -2.17. The lowest BCUT2D eigenvalue weighted by atomic mass is 10.1. The molecule has 2 rings (SSSR count). The molecule has 0 bridgehead atoms. The summed E-state index contributed by atoms with van der Waals surface area (Å²) < 4.78 is 22.6. The Kier molecular flexibility index (Phi) is 4.24. The molecule has 1 amide bonds. The molecule has 0 radical (unpaired) electrons. The van der Waals surface area contributed by atoms with E-state index in [1.807, 2.05) is 6.07 Å². The van der Waals surface area contributed by atoms with E-state index in [2.05, 4.69) is 22.4 Å². The summed E-state index contributed by atoms with van der Waals surface area (Å²) in [6.45, 7) is 2.07. The van der Waals surface area contributed by atoms with Gasteiger partial charge in [0.2, 0.25) is 5.91 Å². The monoisotopic (exact) mass is 285 g/mol. The Balaban J connectivity index is 1.84. The summed E-state index contributed by atoms with van der Waals surface area (Å²) in [5.74, 6) is 0.612. The summed E-state index contributed by atoms with van der Waals surface area (Å²) >= 11 is 0. The molecule has 0 spiro atoms. The molecule has 2 N–H and O–H groups in total. The van der Waals surface area contributed by atoms with Crippen molar-refractivity contribution in [3.05, 3.63) is 11.8 Å². The number of aromatic amines is 1. The number of hydrogen-bond acceptors (Lipinski definition) is 4. The number of sulfone groups is 1. The fraction of sp³-hybridized carbons (Fsp3) is 0.667. The summed E-state index contributed by atoms with van der Waals surface area (Å²) in [6.07, 6.45) is 2.73. The first-order valence-electron chi connectivity index (χ1n) is 6.53. The maximum absolute atomic E-state index is 11.8. The second-order valence-electron chi connectivity index (χ2n) is 5.05. The van der Waals surface area contributed by atoms with E-state index in [0.29, 0.717) is 12.2 Å². The van der Waals surface area contributed by atoms with Crippen molar-refractivity contribution in [2.24, 2.45) is 5.92 Å². The Morgan fingerprint density at radius 3 is 3.00 bits per heavy atom. The Morgan fingerprint density at radius 1 is 1.58 bits per heavy atom. The molecule has 1 unspecified atom stereocenters. The second kappa shape index (κ2) is 5.73. The van der Waals surface area contributed by atoms with Gasteiger partial charge in [-0.25, -0.2) is 8.42 Å². The van der Waals surface area contributed by atoms with E-state index in [4.69, 9.17) is 0 Å². The smallest absolute Gasteiger partial charge is 0.225 e. The molecule has 1 aromatic heterocycles. The number of aryl methyl sites for hydroxylation is 1. The van der Waals surface area contributed by atoms with Crippen LogP contribution in [0, 0.1) is 5.92 Å². The molecule has 6 nitrogen and oxygen atoms in total. The zero-order valence-corrected chi connectivity index (χ0v) is 11.8. The highest BCUT2D eigenvalue weighted by Crippen LogP contribution is 2.22. The van der Waals surface area contributed by atoms with Crippen molar-refractivity contribution < 1.29 is 13.2 Å². The van der Waals surface area contributed by atoms with Gasteiger partial charge in [0.25, 0.3) is 0 Å². The van der Waals surface area contributed by atoms with E-state index in [9.17, 15) is 13.2 Å². The quantitative estimate of drug-likeness (QED) is 0.848. The lowest BCUT2D eigenvalue weighted by Gasteiger charge is -2.06.